The SMILES string of the molecule is Cc1c(/C=C2\SC(=O)N(CC(=O)Nc3ccc(Cl)cc3)C2=O)c2ccccc2n1CC(=O)Nc1ccc2c(c1)OCO2. The van der Waals surface area contributed by atoms with Crippen molar-refractivity contribution in [3.8, 4) is 11.5 Å². The van der Waals surface area contributed by atoms with E-state index in [2.05, 4.69) is 10.6 Å². The zero-order valence-electron chi connectivity index (χ0n) is 22.2. The maximum atomic E-state index is 13.2. The van der Waals surface area contributed by atoms with E-state index < -0.39 is 23.6 Å². The molecule has 6 rings (SSSR count). The molecular formula is C30H23ClN4O6S. The molecule has 4 amide bonds. The molecule has 1 aromatic heterocycles. The molecular weight excluding hydrogens is 580 g/mol. The molecule has 0 unspecified atom stereocenters. The van der Waals surface area contributed by atoms with Crippen LogP contribution in [0.4, 0.5) is 16.2 Å². The number of amides is 4. The van der Waals surface area contributed by atoms with Gasteiger partial charge in [-0.2, -0.15) is 0 Å². The van der Waals surface area contributed by atoms with Gasteiger partial charge in [-0.05, 0) is 67.2 Å². The highest BCUT2D eigenvalue weighted by Gasteiger charge is 2.36. The third-order valence-electron chi connectivity index (χ3n) is 6.82. The number of halogens is 1. The van der Waals surface area contributed by atoms with Crippen molar-refractivity contribution in [3.63, 3.8) is 0 Å². The van der Waals surface area contributed by atoms with Crippen molar-refractivity contribution in [1.82, 2.24) is 9.47 Å². The summed E-state index contributed by atoms with van der Waals surface area (Å²) >= 11 is 6.65. The number of imide groups is 1. The molecule has 10 nitrogen and oxygen atoms in total. The van der Waals surface area contributed by atoms with Crippen LogP contribution in [-0.4, -0.2) is 45.8 Å². The molecule has 42 heavy (non-hydrogen) atoms. The number of ether oxygens (including phenoxy) is 2. The first kappa shape index (κ1) is 27.4. The fourth-order valence-corrected chi connectivity index (χ4v) is 5.75. The minimum absolute atomic E-state index is 0.0149. The Kier molecular flexibility index (Phi) is 7.36. The largest absolute Gasteiger partial charge is 0.454 e. The second-order valence-electron chi connectivity index (χ2n) is 9.54. The number of benzene rings is 3. The normalized spacial score (nSPS) is 15.1. The van der Waals surface area contributed by atoms with Crippen molar-refractivity contribution in [2.45, 2.75) is 13.5 Å². The topological polar surface area (TPSA) is 119 Å². The zero-order valence-corrected chi connectivity index (χ0v) is 23.8. The van der Waals surface area contributed by atoms with Gasteiger partial charge in [0, 0.05) is 44.6 Å². The number of carbonyl (C=O) groups is 4. The van der Waals surface area contributed by atoms with Crippen molar-refractivity contribution in [2.24, 2.45) is 0 Å². The molecule has 3 heterocycles. The Morgan fingerprint density at radius 1 is 0.929 bits per heavy atom. The van der Waals surface area contributed by atoms with Gasteiger partial charge in [0.05, 0.1) is 4.91 Å². The predicted molar refractivity (Wildman–Crippen MR) is 161 cm³/mol. The summed E-state index contributed by atoms with van der Waals surface area (Å²) in [5, 5.41) is 6.34. The van der Waals surface area contributed by atoms with Gasteiger partial charge in [0.25, 0.3) is 11.1 Å². The van der Waals surface area contributed by atoms with Crippen LogP contribution in [0.25, 0.3) is 17.0 Å². The number of nitrogens with zero attached hydrogens (tertiary/aromatic N) is 2. The van der Waals surface area contributed by atoms with Gasteiger partial charge in [0.2, 0.25) is 18.6 Å². The fraction of sp³-hybridized carbons (Fsp3) is 0.133. The second-order valence-corrected chi connectivity index (χ2v) is 11.0. The van der Waals surface area contributed by atoms with Crippen LogP contribution < -0.4 is 20.1 Å². The maximum absolute atomic E-state index is 13.2. The number of anilines is 2. The Balaban J connectivity index is 1.21. The van der Waals surface area contributed by atoms with Crippen LogP contribution >= 0.6 is 23.4 Å². The van der Waals surface area contributed by atoms with E-state index in [1.807, 2.05) is 35.8 Å². The summed E-state index contributed by atoms with van der Waals surface area (Å²) in [5.41, 5.74) is 3.32. The van der Waals surface area contributed by atoms with Gasteiger partial charge in [-0.3, -0.25) is 24.1 Å². The Morgan fingerprint density at radius 3 is 2.43 bits per heavy atom. The van der Waals surface area contributed by atoms with Crippen molar-refractivity contribution >= 4 is 74.7 Å². The van der Waals surface area contributed by atoms with E-state index >= 15 is 0 Å². The van der Waals surface area contributed by atoms with Crippen LogP contribution in [0.3, 0.4) is 0 Å². The predicted octanol–water partition coefficient (Wildman–Crippen LogP) is 5.65. The molecule has 2 aliphatic rings. The van der Waals surface area contributed by atoms with Gasteiger partial charge in [-0.25, -0.2) is 0 Å². The van der Waals surface area contributed by atoms with E-state index in [-0.39, 0.29) is 24.2 Å². The summed E-state index contributed by atoms with van der Waals surface area (Å²) in [6.45, 7) is 1.58. The summed E-state index contributed by atoms with van der Waals surface area (Å²) in [5.74, 6) is -0.142. The lowest BCUT2D eigenvalue weighted by atomic mass is 10.1. The minimum Gasteiger partial charge on any atom is -0.454 e. The van der Waals surface area contributed by atoms with Crippen molar-refractivity contribution in [3.05, 3.63) is 87.9 Å². The standard InChI is InChI=1S/C30H23ClN4O6S/c1-17-22(13-26-29(38)35(30(39)42-26)15-28(37)32-19-8-6-18(31)7-9-19)21-4-2-3-5-23(21)34(17)14-27(36)33-20-10-11-24-25(12-20)41-16-40-24/h2-13H,14-16H2,1H3,(H,32,37)(H,33,36)/b26-13-. The molecule has 1 fully saturated rings. The lowest BCUT2D eigenvalue weighted by Gasteiger charge is -2.12. The summed E-state index contributed by atoms with van der Waals surface area (Å²) < 4.78 is 12.6. The lowest BCUT2D eigenvalue weighted by Crippen LogP contribution is -2.36. The van der Waals surface area contributed by atoms with Crippen LogP contribution in [0.2, 0.25) is 5.02 Å². The number of carbonyl (C=O) groups excluding carboxylic acids is 4. The van der Waals surface area contributed by atoms with Crippen LogP contribution in [0.5, 0.6) is 11.5 Å². The number of nitrogens with one attached hydrogen (secondary N) is 2. The minimum atomic E-state index is -0.562. The van der Waals surface area contributed by atoms with Crippen molar-refractivity contribution in [2.75, 3.05) is 24.0 Å². The summed E-state index contributed by atoms with van der Waals surface area (Å²) in [7, 11) is 0. The molecule has 2 aliphatic heterocycles. The van der Waals surface area contributed by atoms with E-state index in [9.17, 15) is 19.2 Å². The fourth-order valence-electron chi connectivity index (χ4n) is 4.81. The van der Waals surface area contributed by atoms with Gasteiger partial charge < -0.3 is 24.7 Å². The lowest BCUT2D eigenvalue weighted by molar-refractivity contribution is -0.127. The van der Waals surface area contributed by atoms with Gasteiger partial charge in [-0.15, -0.1) is 0 Å². The smallest absolute Gasteiger partial charge is 0.294 e. The molecule has 0 spiro atoms. The summed E-state index contributed by atoms with van der Waals surface area (Å²) in [6, 6.07) is 19.2. The molecule has 0 saturated carbocycles. The Morgan fingerprint density at radius 2 is 1.62 bits per heavy atom. The third-order valence-corrected chi connectivity index (χ3v) is 7.98. The number of rotatable bonds is 7. The first-order valence-electron chi connectivity index (χ1n) is 12.8. The van der Waals surface area contributed by atoms with Crippen LogP contribution in [0.1, 0.15) is 11.3 Å². The monoisotopic (exact) mass is 602 g/mol. The highest BCUT2D eigenvalue weighted by molar-refractivity contribution is 8.18. The maximum Gasteiger partial charge on any atom is 0.294 e. The van der Waals surface area contributed by atoms with Crippen molar-refractivity contribution in [1.29, 1.82) is 0 Å². The van der Waals surface area contributed by atoms with E-state index in [4.69, 9.17) is 21.1 Å². The number of thioether (sulfide) groups is 1. The molecule has 0 atom stereocenters. The number of fused-ring (bicyclic) bond motifs is 2. The number of hydrogen-bond acceptors (Lipinski definition) is 7. The van der Waals surface area contributed by atoms with Crippen LogP contribution in [0, 0.1) is 6.92 Å². The first-order valence-corrected chi connectivity index (χ1v) is 14.0. The van der Waals surface area contributed by atoms with E-state index in [0.717, 1.165) is 33.3 Å². The van der Waals surface area contributed by atoms with Crippen LogP contribution in [-0.2, 0) is 20.9 Å². The van der Waals surface area contributed by atoms with E-state index in [1.165, 1.54) is 0 Å². The average Bonchev–Trinajstić information content (AvgIpc) is 3.62. The van der Waals surface area contributed by atoms with Gasteiger partial charge in [0.1, 0.15) is 13.1 Å². The Bertz CT molecular complexity index is 1800. The highest BCUT2D eigenvalue weighted by Crippen LogP contribution is 2.36. The molecule has 0 radical (unpaired) electrons. The molecule has 4 aromatic rings. The van der Waals surface area contributed by atoms with E-state index in [0.29, 0.717) is 33.5 Å². The summed E-state index contributed by atoms with van der Waals surface area (Å²) in [6.07, 6.45) is 1.64. The average molecular weight is 603 g/mol. The number of para-hydroxylation sites is 1. The Labute approximate surface area is 249 Å². The molecule has 1 saturated heterocycles. The van der Waals surface area contributed by atoms with E-state index in [1.54, 1.807) is 48.5 Å². The second kappa shape index (κ2) is 11.3. The van der Waals surface area contributed by atoms with Crippen molar-refractivity contribution < 1.29 is 28.7 Å². The number of hydrogen-bond donors (Lipinski definition) is 2. The van der Waals surface area contributed by atoms with Gasteiger partial charge >= 0.3 is 0 Å². The van der Waals surface area contributed by atoms with Gasteiger partial charge in [-0.1, -0.05) is 29.8 Å². The zero-order chi connectivity index (χ0) is 29.4. The van der Waals surface area contributed by atoms with Gasteiger partial charge in [0.15, 0.2) is 11.5 Å². The summed E-state index contributed by atoms with van der Waals surface area (Å²) in [4.78, 5) is 52.6. The molecule has 0 aliphatic carbocycles. The quantitative estimate of drug-likeness (QED) is 0.263. The first-order chi connectivity index (χ1) is 20.3. The number of aromatic nitrogens is 1. The molecule has 12 heteroatoms. The molecule has 212 valence electrons. The highest BCUT2D eigenvalue weighted by atomic mass is 35.5. The third kappa shape index (κ3) is 5.44. The molecule has 2 N–H and O–H groups in total. The molecule has 0 bridgehead atoms. The molecule has 3 aromatic carbocycles. The van der Waals surface area contributed by atoms with Crippen LogP contribution in [0.15, 0.2) is 71.6 Å². The Hall–Kier alpha value is -4.74.